The Bertz CT molecular complexity index is 237. The summed E-state index contributed by atoms with van der Waals surface area (Å²) in [6.45, 7) is 5.72. The fourth-order valence-corrected chi connectivity index (χ4v) is 2.85. The van der Waals surface area contributed by atoms with Crippen LogP contribution < -0.4 is 5.32 Å². The monoisotopic (exact) mass is 211 g/mol. The van der Waals surface area contributed by atoms with Gasteiger partial charge in [0.2, 0.25) is 0 Å². The molecule has 0 unspecified atom stereocenters. The molecule has 1 heterocycles. The lowest BCUT2D eigenvalue weighted by Gasteiger charge is -2.31. The van der Waals surface area contributed by atoms with Crippen LogP contribution in [0.3, 0.4) is 0 Å². The summed E-state index contributed by atoms with van der Waals surface area (Å²) in [6.07, 6.45) is 3.73. The van der Waals surface area contributed by atoms with Crippen LogP contribution in [0.4, 0.5) is 0 Å². The summed E-state index contributed by atoms with van der Waals surface area (Å²) in [5.74, 6) is 0. The van der Waals surface area contributed by atoms with E-state index in [1.54, 1.807) is 0 Å². The average Bonchev–Trinajstić information content (AvgIpc) is 2.69. The summed E-state index contributed by atoms with van der Waals surface area (Å²) < 4.78 is 0. The molecule has 0 atom stereocenters. The molecule has 0 aromatic carbocycles. The maximum Gasteiger partial charge on any atom is 0.00512 e. The lowest BCUT2D eigenvalue weighted by Crippen LogP contribution is -2.33. The Morgan fingerprint density at radius 3 is 2.50 bits per heavy atom. The molecule has 0 spiro atoms. The zero-order valence-corrected chi connectivity index (χ0v) is 10.3. The highest BCUT2D eigenvalue weighted by atomic mass is 32.1. The van der Waals surface area contributed by atoms with Crippen LogP contribution in [0.25, 0.3) is 0 Å². The summed E-state index contributed by atoms with van der Waals surface area (Å²) in [5, 5.41) is 5.50. The van der Waals surface area contributed by atoms with E-state index in [1.807, 2.05) is 11.3 Å². The third kappa shape index (κ3) is 2.82. The predicted octanol–water partition coefficient (Wildman–Crippen LogP) is 3.32. The number of thiophene rings is 1. The van der Waals surface area contributed by atoms with E-state index in [-0.39, 0.29) is 0 Å². The fraction of sp³-hybridized carbons (Fsp3) is 0.667. The van der Waals surface area contributed by atoms with Crippen LogP contribution >= 0.6 is 11.3 Å². The lowest BCUT2D eigenvalue weighted by molar-refractivity contribution is 0.255. The molecule has 1 nitrogen and oxygen atoms in total. The first-order valence-electron chi connectivity index (χ1n) is 5.43. The molecule has 0 fully saturated rings. The van der Waals surface area contributed by atoms with E-state index in [9.17, 15) is 0 Å². The molecule has 14 heavy (non-hydrogen) atoms. The van der Waals surface area contributed by atoms with E-state index in [2.05, 4.69) is 43.7 Å². The number of nitrogens with one attached hydrogen (secondary N) is 1. The van der Waals surface area contributed by atoms with Crippen molar-refractivity contribution in [3.63, 3.8) is 0 Å². The molecule has 0 saturated carbocycles. The van der Waals surface area contributed by atoms with Gasteiger partial charge in [0.25, 0.3) is 0 Å². The van der Waals surface area contributed by atoms with Crippen LogP contribution in [0.15, 0.2) is 17.5 Å². The van der Waals surface area contributed by atoms with Crippen molar-refractivity contribution in [2.24, 2.45) is 5.41 Å². The van der Waals surface area contributed by atoms with Crippen LogP contribution in [0.2, 0.25) is 0 Å². The molecule has 0 bridgehead atoms. The molecule has 0 aliphatic heterocycles. The van der Waals surface area contributed by atoms with Crippen molar-refractivity contribution in [2.45, 2.75) is 33.1 Å². The molecule has 0 saturated heterocycles. The normalized spacial score (nSPS) is 11.9. The smallest absolute Gasteiger partial charge is 0.00512 e. The van der Waals surface area contributed by atoms with Crippen molar-refractivity contribution >= 4 is 11.3 Å². The molecule has 2 heteroatoms. The van der Waals surface area contributed by atoms with E-state index in [1.165, 1.54) is 24.1 Å². The topological polar surface area (TPSA) is 12.0 Å². The van der Waals surface area contributed by atoms with Crippen molar-refractivity contribution in [3.8, 4) is 0 Å². The zero-order valence-electron chi connectivity index (χ0n) is 9.47. The minimum Gasteiger partial charge on any atom is -0.319 e. The first-order chi connectivity index (χ1) is 6.76. The molecule has 0 radical (unpaired) electrons. The van der Waals surface area contributed by atoms with E-state index >= 15 is 0 Å². The predicted molar refractivity (Wildman–Crippen MR) is 65.0 cm³/mol. The SMILES string of the molecule is CCC(CC)(CNC)Cc1cccs1. The Morgan fingerprint density at radius 1 is 1.36 bits per heavy atom. The van der Waals surface area contributed by atoms with Gasteiger partial charge in [0.15, 0.2) is 0 Å². The molecule has 1 rings (SSSR count). The van der Waals surface area contributed by atoms with Crippen LogP contribution in [-0.2, 0) is 6.42 Å². The minimum atomic E-state index is 0.458. The summed E-state index contributed by atoms with van der Waals surface area (Å²) in [4.78, 5) is 1.52. The van der Waals surface area contributed by atoms with Gasteiger partial charge >= 0.3 is 0 Å². The third-order valence-corrected chi connectivity index (χ3v) is 4.06. The second-order valence-corrected chi connectivity index (χ2v) is 5.03. The Hall–Kier alpha value is -0.340. The molecular weight excluding hydrogens is 190 g/mol. The van der Waals surface area contributed by atoms with E-state index in [0.717, 1.165) is 6.54 Å². The molecule has 1 aromatic rings. The highest BCUT2D eigenvalue weighted by Crippen LogP contribution is 2.31. The second kappa shape index (κ2) is 5.52. The first-order valence-corrected chi connectivity index (χ1v) is 6.31. The van der Waals surface area contributed by atoms with Gasteiger partial charge in [0.05, 0.1) is 0 Å². The van der Waals surface area contributed by atoms with Crippen molar-refractivity contribution in [1.29, 1.82) is 0 Å². The van der Waals surface area contributed by atoms with Crippen LogP contribution in [-0.4, -0.2) is 13.6 Å². The molecule has 1 N–H and O–H groups in total. The first kappa shape index (κ1) is 11.7. The Morgan fingerprint density at radius 2 is 2.07 bits per heavy atom. The Labute approximate surface area is 91.5 Å². The third-order valence-electron chi connectivity index (χ3n) is 3.18. The van der Waals surface area contributed by atoms with Crippen molar-refractivity contribution in [3.05, 3.63) is 22.4 Å². The zero-order chi connectivity index (χ0) is 10.4. The minimum absolute atomic E-state index is 0.458. The number of hydrogen-bond acceptors (Lipinski definition) is 2. The number of hydrogen-bond donors (Lipinski definition) is 1. The summed E-state index contributed by atoms with van der Waals surface area (Å²) in [5.41, 5.74) is 0.458. The van der Waals surface area contributed by atoms with Crippen molar-refractivity contribution in [2.75, 3.05) is 13.6 Å². The molecule has 1 aromatic heterocycles. The van der Waals surface area contributed by atoms with Crippen LogP contribution in [0.5, 0.6) is 0 Å². The van der Waals surface area contributed by atoms with Crippen LogP contribution in [0, 0.1) is 5.41 Å². The van der Waals surface area contributed by atoms with Gasteiger partial charge in [0.1, 0.15) is 0 Å². The van der Waals surface area contributed by atoms with Gasteiger partial charge in [-0.25, -0.2) is 0 Å². The van der Waals surface area contributed by atoms with E-state index < -0.39 is 0 Å². The van der Waals surface area contributed by atoms with Gasteiger partial charge in [-0.1, -0.05) is 19.9 Å². The molecule has 0 aliphatic rings. The van der Waals surface area contributed by atoms with E-state index in [4.69, 9.17) is 0 Å². The van der Waals surface area contributed by atoms with Crippen molar-refractivity contribution < 1.29 is 0 Å². The lowest BCUT2D eigenvalue weighted by atomic mass is 9.78. The number of rotatable bonds is 6. The van der Waals surface area contributed by atoms with Crippen molar-refractivity contribution in [1.82, 2.24) is 5.32 Å². The highest BCUT2D eigenvalue weighted by molar-refractivity contribution is 7.09. The maximum absolute atomic E-state index is 3.33. The molecule has 80 valence electrons. The second-order valence-electron chi connectivity index (χ2n) is 3.99. The highest BCUT2D eigenvalue weighted by Gasteiger charge is 2.25. The van der Waals surface area contributed by atoms with Gasteiger partial charge in [-0.3, -0.25) is 0 Å². The van der Waals surface area contributed by atoms with Gasteiger partial charge < -0.3 is 5.32 Å². The summed E-state index contributed by atoms with van der Waals surface area (Å²) in [6, 6.07) is 4.40. The average molecular weight is 211 g/mol. The standard InChI is InChI=1S/C12H21NS/c1-4-12(5-2,10-13-3)9-11-7-6-8-14-11/h6-8,13H,4-5,9-10H2,1-3H3. The molecule has 0 amide bonds. The van der Waals surface area contributed by atoms with Crippen LogP contribution in [0.1, 0.15) is 31.6 Å². The summed E-state index contributed by atoms with van der Waals surface area (Å²) in [7, 11) is 2.05. The fourth-order valence-electron chi connectivity index (χ4n) is 1.97. The Balaban J connectivity index is 2.67. The van der Waals surface area contributed by atoms with Gasteiger partial charge in [-0.2, -0.15) is 0 Å². The maximum atomic E-state index is 3.33. The van der Waals surface area contributed by atoms with E-state index in [0.29, 0.717) is 5.41 Å². The Kier molecular flexibility index (Phi) is 4.63. The summed E-state index contributed by atoms with van der Waals surface area (Å²) >= 11 is 1.88. The molecule has 0 aliphatic carbocycles. The molecular formula is C12H21NS. The quantitative estimate of drug-likeness (QED) is 0.761. The van der Waals surface area contributed by atoms with Gasteiger partial charge in [-0.05, 0) is 43.2 Å². The largest absolute Gasteiger partial charge is 0.319 e. The van der Waals surface area contributed by atoms with Gasteiger partial charge in [0, 0.05) is 11.4 Å². The van der Waals surface area contributed by atoms with Gasteiger partial charge in [-0.15, -0.1) is 11.3 Å².